The Kier molecular flexibility index (Phi) is 2.12. The number of carboxylic acid groups (broad SMARTS) is 1. The molecule has 0 aliphatic rings. The van der Waals surface area contributed by atoms with Gasteiger partial charge in [-0.05, 0) is 0 Å². The van der Waals surface area contributed by atoms with Crippen molar-refractivity contribution in [3.63, 3.8) is 0 Å². The van der Waals surface area contributed by atoms with Crippen LogP contribution in [0.15, 0.2) is 31.0 Å². The van der Waals surface area contributed by atoms with Crippen molar-refractivity contribution in [3.8, 4) is 11.4 Å². The summed E-state index contributed by atoms with van der Waals surface area (Å²) in [7, 11) is 0. The fourth-order valence-electron chi connectivity index (χ4n) is 1.45. The van der Waals surface area contributed by atoms with Crippen molar-refractivity contribution in [2.75, 3.05) is 0 Å². The molecule has 84 valence electrons. The Morgan fingerprint density at radius 2 is 2.18 bits per heavy atom. The van der Waals surface area contributed by atoms with Crippen molar-refractivity contribution < 1.29 is 9.90 Å². The summed E-state index contributed by atoms with van der Waals surface area (Å²) in [5.74, 6) is -0.943. The highest BCUT2D eigenvalue weighted by Gasteiger charge is 2.12. The zero-order valence-electron chi connectivity index (χ0n) is 8.44. The molecular formula is C10H6N4O2S. The number of fused-ring (bicyclic) bond motifs is 1. The molecule has 0 unspecified atom stereocenters. The van der Waals surface area contributed by atoms with Crippen LogP contribution in [0, 0.1) is 0 Å². The topological polar surface area (TPSA) is 80.4 Å². The second-order valence-electron chi connectivity index (χ2n) is 3.31. The van der Waals surface area contributed by atoms with E-state index in [1.54, 1.807) is 29.2 Å². The molecule has 0 amide bonds. The summed E-state index contributed by atoms with van der Waals surface area (Å²) in [6.07, 6.45) is 8.07. The molecule has 0 fully saturated rings. The number of carboxylic acids is 1. The number of hydrogen-bond acceptors (Lipinski definition) is 5. The first-order chi connectivity index (χ1) is 8.24. The van der Waals surface area contributed by atoms with Gasteiger partial charge in [0, 0.05) is 24.8 Å². The first-order valence-corrected chi connectivity index (χ1v) is 5.54. The van der Waals surface area contributed by atoms with Gasteiger partial charge in [0.05, 0.1) is 6.20 Å². The third kappa shape index (κ3) is 1.66. The number of carbonyl (C=O) groups is 1. The van der Waals surface area contributed by atoms with Gasteiger partial charge in [-0.1, -0.05) is 11.3 Å². The predicted octanol–water partition coefficient (Wildman–Crippen LogP) is 1.55. The fourth-order valence-corrected chi connectivity index (χ4v) is 2.25. The highest BCUT2D eigenvalue weighted by atomic mass is 32.1. The lowest BCUT2D eigenvalue weighted by molar-refractivity contribution is 0.0702. The van der Waals surface area contributed by atoms with Crippen LogP contribution in [0.25, 0.3) is 16.3 Å². The van der Waals surface area contributed by atoms with E-state index < -0.39 is 5.97 Å². The molecule has 0 atom stereocenters. The van der Waals surface area contributed by atoms with E-state index in [1.165, 1.54) is 6.20 Å². The van der Waals surface area contributed by atoms with Crippen molar-refractivity contribution in [1.29, 1.82) is 0 Å². The van der Waals surface area contributed by atoms with Crippen molar-refractivity contribution in [1.82, 2.24) is 19.4 Å². The SMILES string of the molecule is O=C(O)c1cn2cc(-c3cnccn3)nc2s1. The Labute approximate surface area is 99.2 Å². The third-order valence-corrected chi connectivity index (χ3v) is 3.18. The number of aromatic nitrogens is 4. The Bertz CT molecular complexity index is 657. The molecule has 3 heterocycles. The molecule has 3 aromatic heterocycles. The molecule has 0 spiro atoms. The van der Waals surface area contributed by atoms with Crippen LogP contribution in [0.3, 0.4) is 0 Å². The van der Waals surface area contributed by atoms with Crippen molar-refractivity contribution in [2.45, 2.75) is 0 Å². The third-order valence-electron chi connectivity index (χ3n) is 2.19. The molecule has 0 aliphatic carbocycles. The Morgan fingerprint density at radius 3 is 2.82 bits per heavy atom. The summed E-state index contributed by atoms with van der Waals surface area (Å²) < 4.78 is 1.68. The summed E-state index contributed by atoms with van der Waals surface area (Å²) in [6.45, 7) is 0. The summed E-state index contributed by atoms with van der Waals surface area (Å²) in [6, 6.07) is 0. The lowest BCUT2D eigenvalue weighted by atomic mass is 10.3. The second kappa shape index (κ2) is 3.63. The molecule has 3 aromatic rings. The van der Waals surface area contributed by atoms with Crippen LogP contribution in [0.4, 0.5) is 0 Å². The first kappa shape index (κ1) is 9.91. The zero-order valence-corrected chi connectivity index (χ0v) is 9.26. The van der Waals surface area contributed by atoms with E-state index >= 15 is 0 Å². The minimum atomic E-state index is -0.943. The maximum absolute atomic E-state index is 10.8. The summed E-state index contributed by atoms with van der Waals surface area (Å²) in [5.41, 5.74) is 1.35. The lowest BCUT2D eigenvalue weighted by Crippen LogP contribution is -1.91. The number of thiazole rings is 1. The molecule has 6 nitrogen and oxygen atoms in total. The molecule has 1 N–H and O–H groups in total. The van der Waals surface area contributed by atoms with Crippen LogP contribution >= 0.6 is 11.3 Å². The van der Waals surface area contributed by atoms with Crippen LogP contribution in [-0.4, -0.2) is 30.4 Å². The summed E-state index contributed by atoms with van der Waals surface area (Å²) in [4.78, 5) is 24.1. The van der Waals surface area contributed by atoms with Crippen LogP contribution in [0.5, 0.6) is 0 Å². The average molecular weight is 246 g/mol. The molecular weight excluding hydrogens is 240 g/mol. The van der Waals surface area contributed by atoms with E-state index in [0.717, 1.165) is 11.3 Å². The average Bonchev–Trinajstić information content (AvgIpc) is 2.87. The lowest BCUT2D eigenvalue weighted by Gasteiger charge is -1.91. The van der Waals surface area contributed by atoms with Gasteiger partial charge < -0.3 is 5.11 Å². The second-order valence-corrected chi connectivity index (χ2v) is 4.32. The molecule has 3 rings (SSSR count). The van der Waals surface area contributed by atoms with Crippen LogP contribution in [-0.2, 0) is 0 Å². The van der Waals surface area contributed by atoms with Gasteiger partial charge in [0.15, 0.2) is 4.96 Å². The Morgan fingerprint density at radius 1 is 1.29 bits per heavy atom. The van der Waals surface area contributed by atoms with Gasteiger partial charge in [0.25, 0.3) is 0 Å². The van der Waals surface area contributed by atoms with E-state index in [1.807, 2.05) is 0 Å². The van der Waals surface area contributed by atoms with Crippen molar-refractivity contribution in [2.24, 2.45) is 0 Å². The first-order valence-electron chi connectivity index (χ1n) is 4.72. The molecule has 17 heavy (non-hydrogen) atoms. The number of hydrogen-bond donors (Lipinski definition) is 1. The number of rotatable bonds is 2. The monoisotopic (exact) mass is 246 g/mol. The van der Waals surface area contributed by atoms with Gasteiger partial charge in [0.1, 0.15) is 16.3 Å². The van der Waals surface area contributed by atoms with Gasteiger partial charge in [-0.15, -0.1) is 0 Å². The smallest absolute Gasteiger partial charge is 0.347 e. The maximum atomic E-state index is 10.8. The molecule has 7 heteroatoms. The molecule has 0 saturated heterocycles. The standard InChI is InChI=1S/C10H6N4O2S/c15-9(16)8-5-14-4-7(13-10(14)17-8)6-3-11-1-2-12-6/h1-5H,(H,15,16). The minimum Gasteiger partial charge on any atom is -0.477 e. The van der Waals surface area contributed by atoms with Crippen LogP contribution in [0.2, 0.25) is 0 Å². The Balaban J connectivity index is 2.10. The van der Waals surface area contributed by atoms with Gasteiger partial charge >= 0.3 is 5.97 Å². The zero-order chi connectivity index (χ0) is 11.8. The van der Waals surface area contributed by atoms with Gasteiger partial charge in [-0.25, -0.2) is 9.78 Å². The van der Waals surface area contributed by atoms with Gasteiger partial charge in [-0.3, -0.25) is 14.4 Å². The number of nitrogens with zero attached hydrogens (tertiary/aromatic N) is 4. The van der Waals surface area contributed by atoms with Crippen molar-refractivity contribution >= 4 is 22.3 Å². The molecule has 0 aliphatic heterocycles. The van der Waals surface area contributed by atoms with Gasteiger partial charge in [-0.2, -0.15) is 0 Å². The highest BCUT2D eigenvalue weighted by Crippen LogP contribution is 2.22. The largest absolute Gasteiger partial charge is 0.477 e. The van der Waals surface area contributed by atoms with E-state index in [2.05, 4.69) is 15.0 Å². The van der Waals surface area contributed by atoms with E-state index in [4.69, 9.17) is 5.11 Å². The number of aromatic carboxylic acids is 1. The maximum Gasteiger partial charge on any atom is 0.347 e. The van der Waals surface area contributed by atoms with E-state index in [0.29, 0.717) is 16.3 Å². The fraction of sp³-hybridized carbons (Fsp3) is 0. The normalized spacial score (nSPS) is 10.8. The Hall–Kier alpha value is -2.28. The van der Waals surface area contributed by atoms with Crippen LogP contribution in [0.1, 0.15) is 9.67 Å². The van der Waals surface area contributed by atoms with Crippen LogP contribution < -0.4 is 0 Å². The summed E-state index contributed by atoms with van der Waals surface area (Å²) >= 11 is 1.12. The van der Waals surface area contributed by atoms with Gasteiger partial charge in [0.2, 0.25) is 0 Å². The molecule has 0 aromatic carbocycles. The highest BCUT2D eigenvalue weighted by molar-refractivity contribution is 7.18. The van der Waals surface area contributed by atoms with E-state index in [-0.39, 0.29) is 4.88 Å². The molecule has 0 saturated carbocycles. The van der Waals surface area contributed by atoms with Crippen molar-refractivity contribution in [3.05, 3.63) is 35.9 Å². The predicted molar refractivity (Wildman–Crippen MR) is 61.1 cm³/mol. The quantitative estimate of drug-likeness (QED) is 0.742. The van der Waals surface area contributed by atoms with E-state index in [9.17, 15) is 4.79 Å². The number of imidazole rings is 1. The minimum absolute atomic E-state index is 0.262. The molecule has 0 bridgehead atoms. The summed E-state index contributed by atoms with van der Waals surface area (Å²) in [5, 5.41) is 8.84. The molecule has 0 radical (unpaired) electrons.